The van der Waals surface area contributed by atoms with Gasteiger partial charge in [0.05, 0.1) is 0 Å². The lowest BCUT2D eigenvalue weighted by molar-refractivity contribution is 0.445. The average molecular weight is 384 g/mol. The van der Waals surface area contributed by atoms with Crippen LogP contribution in [-0.4, -0.2) is 25.4 Å². The molecule has 2 rings (SSSR count). The second-order valence-corrected chi connectivity index (χ2v) is 6.92. The lowest BCUT2D eigenvalue weighted by Crippen LogP contribution is -2.24. The highest BCUT2D eigenvalue weighted by Gasteiger charge is 2.26. The SMILES string of the molecule is S=C1SC(CI)CN1Cc1ccc(Cl)cc1. The van der Waals surface area contributed by atoms with Crippen molar-refractivity contribution < 1.29 is 0 Å². The lowest BCUT2D eigenvalue weighted by Gasteiger charge is -2.17. The highest BCUT2D eigenvalue weighted by atomic mass is 127. The van der Waals surface area contributed by atoms with Crippen molar-refractivity contribution in [1.82, 2.24) is 4.90 Å². The van der Waals surface area contributed by atoms with Gasteiger partial charge in [-0.25, -0.2) is 0 Å². The molecule has 1 aliphatic heterocycles. The summed E-state index contributed by atoms with van der Waals surface area (Å²) >= 11 is 15.5. The smallest absolute Gasteiger partial charge is 0.137 e. The highest BCUT2D eigenvalue weighted by Crippen LogP contribution is 2.28. The molecule has 0 aliphatic carbocycles. The summed E-state index contributed by atoms with van der Waals surface area (Å²) in [6.45, 7) is 1.96. The van der Waals surface area contributed by atoms with E-state index in [1.165, 1.54) is 5.56 Å². The van der Waals surface area contributed by atoms with Crippen molar-refractivity contribution in [3.05, 3.63) is 34.9 Å². The largest absolute Gasteiger partial charge is 0.352 e. The van der Waals surface area contributed by atoms with Gasteiger partial charge in [-0.2, -0.15) is 0 Å². The second kappa shape index (κ2) is 5.89. The molecule has 1 aromatic rings. The van der Waals surface area contributed by atoms with Gasteiger partial charge < -0.3 is 4.90 Å². The second-order valence-electron chi connectivity index (χ2n) is 3.67. The molecule has 1 aromatic carbocycles. The molecule has 1 fully saturated rings. The van der Waals surface area contributed by atoms with Crippen LogP contribution < -0.4 is 0 Å². The number of thiocarbonyl (C=S) groups is 1. The van der Waals surface area contributed by atoms with E-state index in [2.05, 4.69) is 39.6 Å². The van der Waals surface area contributed by atoms with Crippen LogP contribution in [0.5, 0.6) is 0 Å². The maximum atomic E-state index is 5.86. The zero-order valence-electron chi connectivity index (χ0n) is 8.53. The first-order valence-corrected chi connectivity index (χ1v) is 8.14. The molecule has 0 bridgehead atoms. The van der Waals surface area contributed by atoms with Gasteiger partial charge in [0.15, 0.2) is 0 Å². The van der Waals surface area contributed by atoms with Crippen LogP contribution in [0.15, 0.2) is 24.3 Å². The number of alkyl halides is 1. The van der Waals surface area contributed by atoms with Crippen LogP contribution in [0.2, 0.25) is 5.02 Å². The van der Waals surface area contributed by atoms with E-state index in [-0.39, 0.29) is 0 Å². The van der Waals surface area contributed by atoms with E-state index in [1.54, 1.807) is 0 Å². The molecule has 1 atom stereocenters. The van der Waals surface area contributed by atoms with Crippen LogP contribution in [0.25, 0.3) is 0 Å². The van der Waals surface area contributed by atoms with Gasteiger partial charge in [0, 0.05) is 27.8 Å². The number of halogens is 2. The number of nitrogens with zero attached hydrogens (tertiary/aromatic N) is 1. The number of hydrogen-bond acceptors (Lipinski definition) is 2. The number of hydrogen-bond donors (Lipinski definition) is 0. The maximum Gasteiger partial charge on any atom is 0.137 e. The number of thioether (sulfide) groups is 1. The molecule has 16 heavy (non-hydrogen) atoms. The Bertz CT molecular complexity index is 382. The first-order valence-electron chi connectivity index (χ1n) is 4.95. The van der Waals surface area contributed by atoms with Crippen molar-refractivity contribution in [2.75, 3.05) is 11.0 Å². The molecule has 86 valence electrons. The quantitative estimate of drug-likeness (QED) is 0.442. The maximum absolute atomic E-state index is 5.86. The fourth-order valence-electron chi connectivity index (χ4n) is 1.59. The summed E-state index contributed by atoms with van der Waals surface area (Å²) < 4.78 is 2.18. The van der Waals surface area contributed by atoms with Crippen LogP contribution in [0.3, 0.4) is 0 Å². The van der Waals surface area contributed by atoms with E-state index >= 15 is 0 Å². The topological polar surface area (TPSA) is 3.24 Å². The summed E-state index contributed by atoms with van der Waals surface area (Å²) in [5.74, 6) is 0. The Morgan fingerprint density at radius 2 is 2.12 bits per heavy atom. The zero-order chi connectivity index (χ0) is 11.5. The molecular formula is C11H11ClINS2. The fraction of sp³-hybridized carbons (Fsp3) is 0.364. The predicted molar refractivity (Wildman–Crippen MR) is 84.7 cm³/mol. The molecule has 0 N–H and O–H groups in total. The zero-order valence-corrected chi connectivity index (χ0v) is 13.1. The Hall–Kier alpha value is 0.480. The highest BCUT2D eigenvalue weighted by molar-refractivity contribution is 14.1. The van der Waals surface area contributed by atoms with Gasteiger partial charge in [0.25, 0.3) is 0 Å². The van der Waals surface area contributed by atoms with Gasteiger partial charge in [-0.3, -0.25) is 0 Å². The van der Waals surface area contributed by atoms with Gasteiger partial charge in [0.2, 0.25) is 0 Å². The summed E-state index contributed by atoms with van der Waals surface area (Å²) in [4.78, 5) is 2.27. The molecule has 1 aliphatic rings. The Morgan fingerprint density at radius 3 is 2.69 bits per heavy atom. The molecule has 5 heteroatoms. The van der Waals surface area contributed by atoms with E-state index < -0.39 is 0 Å². The third-order valence-electron chi connectivity index (χ3n) is 2.41. The van der Waals surface area contributed by atoms with Gasteiger partial charge in [0.1, 0.15) is 4.32 Å². The van der Waals surface area contributed by atoms with Crippen LogP contribution in [0.1, 0.15) is 5.56 Å². The van der Waals surface area contributed by atoms with Gasteiger partial charge in [-0.15, -0.1) is 0 Å². The first kappa shape index (κ1) is 12.9. The van der Waals surface area contributed by atoms with E-state index in [0.717, 1.165) is 26.9 Å². The summed E-state index contributed by atoms with van der Waals surface area (Å²) in [7, 11) is 0. The Labute approximate surface area is 124 Å². The molecular weight excluding hydrogens is 373 g/mol. The van der Waals surface area contributed by atoms with Crippen LogP contribution in [-0.2, 0) is 6.54 Å². The van der Waals surface area contributed by atoms with E-state index in [4.69, 9.17) is 23.8 Å². The minimum absolute atomic E-state index is 0.653. The Morgan fingerprint density at radius 1 is 1.44 bits per heavy atom. The third kappa shape index (κ3) is 3.24. The van der Waals surface area contributed by atoms with Crippen molar-refractivity contribution in [1.29, 1.82) is 0 Å². The summed E-state index contributed by atoms with van der Waals surface area (Å²) in [5, 5.41) is 1.44. The van der Waals surface area contributed by atoms with Crippen molar-refractivity contribution in [2.45, 2.75) is 11.8 Å². The lowest BCUT2D eigenvalue weighted by atomic mass is 10.2. The van der Waals surface area contributed by atoms with Crippen molar-refractivity contribution >= 4 is 62.5 Å². The van der Waals surface area contributed by atoms with Crippen molar-refractivity contribution in [3.8, 4) is 0 Å². The fourth-order valence-corrected chi connectivity index (χ4v) is 3.98. The molecule has 0 radical (unpaired) electrons. The summed E-state index contributed by atoms with van der Waals surface area (Å²) in [6.07, 6.45) is 0. The third-order valence-corrected chi connectivity index (χ3v) is 5.98. The molecule has 1 saturated heterocycles. The monoisotopic (exact) mass is 383 g/mol. The van der Waals surface area contributed by atoms with Crippen LogP contribution >= 0.6 is 58.2 Å². The van der Waals surface area contributed by atoms with Gasteiger partial charge in [-0.1, -0.05) is 70.3 Å². The molecule has 1 nitrogen and oxygen atoms in total. The number of rotatable bonds is 3. The normalized spacial score (nSPS) is 20.5. The van der Waals surface area contributed by atoms with E-state index in [0.29, 0.717) is 5.25 Å². The first-order chi connectivity index (χ1) is 7.69. The average Bonchev–Trinajstić information content (AvgIpc) is 2.63. The minimum Gasteiger partial charge on any atom is -0.352 e. The van der Waals surface area contributed by atoms with Crippen LogP contribution in [0.4, 0.5) is 0 Å². The Balaban J connectivity index is 2.00. The number of benzene rings is 1. The standard InChI is InChI=1S/C11H11ClINS2/c12-9-3-1-8(2-4-9)6-14-7-10(5-13)16-11(14)15/h1-4,10H,5-7H2. The molecule has 0 spiro atoms. The van der Waals surface area contributed by atoms with Gasteiger partial charge >= 0.3 is 0 Å². The molecule has 1 unspecified atom stereocenters. The minimum atomic E-state index is 0.653. The molecule has 0 aromatic heterocycles. The molecule has 1 heterocycles. The summed E-state index contributed by atoms with van der Waals surface area (Å²) in [6, 6.07) is 7.98. The van der Waals surface area contributed by atoms with E-state index in [9.17, 15) is 0 Å². The van der Waals surface area contributed by atoms with E-state index in [1.807, 2.05) is 23.9 Å². The van der Waals surface area contributed by atoms with Crippen molar-refractivity contribution in [2.24, 2.45) is 0 Å². The molecule has 0 saturated carbocycles. The van der Waals surface area contributed by atoms with Crippen LogP contribution in [0, 0.1) is 0 Å². The molecule has 0 amide bonds. The Kier molecular flexibility index (Phi) is 4.76. The summed E-state index contributed by atoms with van der Waals surface area (Å²) in [5.41, 5.74) is 1.27. The van der Waals surface area contributed by atoms with Gasteiger partial charge in [-0.05, 0) is 17.7 Å². The predicted octanol–water partition coefficient (Wildman–Crippen LogP) is 3.98. The van der Waals surface area contributed by atoms with Crippen molar-refractivity contribution in [3.63, 3.8) is 0 Å².